The first-order valence-electron chi connectivity index (χ1n) is 10.6. The van der Waals surface area contributed by atoms with E-state index in [0.717, 1.165) is 76.0 Å². The molecule has 0 amide bonds. The molecule has 5 rings (SSSR count). The summed E-state index contributed by atoms with van der Waals surface area (Å²) in [6.45, 7) is 7.70. The van der Waals surface area contributed by atoms with Gasteiger partial charge in [0.2, 0.25) is 0 Å². The van der Waals surface area contributed by atoms with Crippen LogP contribution < -0.4 is 0 Å². The second kappa shape index (κ2) is 9.42. The Balaban J connectivity index is 1.28. The van der Waals surface area contributed by atoms with Gasteiger partial charge in [0, 0.05) is 39.3 Å². The van der Waals surface area contributed by atoms with Crippen molar-refractivity contribution < 1.29 is 4.74 Å². The fraction of sp³-hybridized carbons (Fsp3) is 0.524. The van der Waals surface area contributed by atoms with E-state index in [1.807, 2.05) is 4.68 Å². The van der Waals surface area contributed by atoms with Crippen molar-refractivity contribution in [3.05, 3.63) is 44.7 Å². The molecule has 0 bridgehead atoms. The third kappa shape index (κ3) is 4.61. The monoisotopic (exact) mass is 461 g/mol. The van der Waals surface area contributed by atoms with Crippen molar-refractivity contribution in [3.8, 4) is 10.7 Å². The van der Waals surface area contributed by atoms with Gasteiger partial charge in [0.25, 0.3) is 0 Å². The molecule has 5 heterocycles. The SMILES string of the molecule is S=c1n(CN2CCN(Cc3ccsc3)CC2)nc(-c2cccs2)n1C[C@H]1CCCO1. The summed E-state index contributed by atoms with van der Waals surface area (Å²) in [5.41, 5.74) is 1.42. The first-order valence-corrected chi connectivity index (χ1v) is 12.8. The van der Waals surface area contributed by atoms with Crippen LogP contribution in [0, 0.1) is 4.77 Å². The van der Waals surface area contributed by atoms with E-state index in [1.165, 1.54) is 10.4 Å². The summed E-state index contributed by atoms with van der Waals surface area (Å²) in [5, 5.41) is 11.4. The van der Waals surface area contributed by atoms with E-state index in [9.17, 15) is 0 Å². The average Bonchev–Trinajstić information content (AvgIpc) is 3.56. The third-order valence-electron chi connectivity index (χ3n) is 5.86. The van der Waals surface area contributed by atoms with Crippen LogP contribution in [0.4, 0.5) is 0 Å². The Kier molecular flexibility index (Phi) is 6.45. The van der Waals surface area contributed by atoms with Crippen molar-refractivity contribution in [2.75, 3.05) is 32.8 Å². The van der Waals surface area contributed by atoms with Crippen molar-refractivity contribution >= 4 is 34.9 Å². The van der Waals surface area contributed by atoms with Gasteiger partial charge in [0.1, 0.15) is 0 Å². The summed E-state index contributed by atoms with van der Waals surface area (Å²) >= 11 is 9.36. The summed E-state index contributed by atoms with van der Waals surface area (Å²) in [6.07, 6.45) is 2.48. The number of piperazine rings is 1. The lowest BCUT2D eigenvalue weighted by atomic mass is 10.2. The van der Waals surface area contributed by atoms with Gasteiger partial charge in [-0.05, 0) is 58.9 Å². The van der Waals surface area contributed by atoms with E-state index in [1.54, 1.807) is 22.7 Å². The summed E-state index contributed by atoms with van der Waals surface area (Å²) in [5.74, 6) is 0.974. The Morgan fingerprint density at radius 2 is 2.00 bits per heavy atom. The Morgan fingerprint density at radius 1 is 1.13 bits per heavy atom. The molecule has 0 saturated carbocycles. The molecule has 1 atom stereocenters. The first-order chi connectivity index (χ1) is 14.8. The van der Waals surface area contributed by atoms with Crippen LogP contribution in [0.25, 0.3) is 10.7 Å². The summed E-state index contributed by atoms with van der Waals surface area (Å²) in [4.78, 5) is 6.16. The van der Waals surface area contributed by atoms with Crippen LogP contribution in [0.5, 0.6) is 0 Å². The van der Waals surface area contributed by atoms with Gasteiger partial charge in [0.15, 0.2) is 10.6 Å². The largest absolute Gasteiger partial charge is 0.376 e. The smallest absolute Gasteiger partial charge is 0.199 e. The molecule has 2 aliphatic rings. The molecule has 2 saturated heterocycles. The third-order valence-corrected chi connectivity index (χ3v) is 7.89. The predicted octanol–water partition coefficient (Wildman–Crippen LogP) is 4.16. The minimum absolute atomic E-state index is 0.244. The van der Waals surface area contributed by atoms with Gasteiger partial charge in [-0.15, -0.1) is 16.4 Å². The van der Waals surface area contributed by atoms with Gasteiger partial charge in [-0.1, -0.05) is 6.07 Å². The first kappa shape index (κ1) is 20.5. The quantitative estimate of drug-likeness (QED) is 0.494. The average molecular weight is 462 g/mol. The molecule has 9 heteroatoms. The topological polar surface area (TPSA) is 38.5 Å². The molecule has 0 aromatic carbocycles. The number of thiophene rings is 2. The summed E-state index contributed by atoms with van der Waals surface area (Å²) in [7, 11) is 0. The molecule has 2 fully saturated rings. The van der Waals surface area contributed by atoms with Crippen molar-refractivity contribution in [3.63, 3.8) is 0 Å². The van der Waals surface area contributed by atoms with Gasteiger partial charge in [-0.2, -0.15) is 11.3 Å². The van der Waals surface area contributed by atoms with E-state index >= 15 is 0 Å². The molecule has 2 aliphatic heterocycles. The fourth-order valence-corrected chi connectivity index (χ4v) is 5.83. The van der Waals surface area contributed by atoms with Gasteiger partial charge in [0.05, 0.1) is 24.2 Å². The summed E-state index contributed by atoms with van der Waals surface area (Å²) in [6, 6.07) is 6.43. The van der Waals surface area contributed by atoms with Crippen molar-refractivity contribution in [2.24, 2.45) is 0 Å². The van der Waals surface area contributed by atoms with E-state index < -0.39 is 0 Å². The lowest BCUT2D eigenvalue weighted by molar-refractivity contribution is 0.0936. The zero-order valence-corrected chi connectivity index (χ0v) is 19.4. The lowest BCUT2D eigenvalue weighted by Gasteiger charge is -2.34. The van der Waals surface area contributed by atoms with Crippen LogP contribution in [0.3, 0.4) is 0 Å². The normalized spacial score (nSPS) is 20.9. The second-order valence-corrected chi connectivity index (χ2v) is 10.1. The van der Waals surface area contributed by atoms with Crippen LogP contribution in [0.2, 0.25) is 0 Å². The van der Waals surface area contributed by atoms with E-state index in [0.29, 0.717) is 0 Å². The molecule has 0 unspecified atom stereocenters. The standard InChI is InChI=1S/C21H27N5OS3/c28-21-25(14-18-3-1-10-27-18)20(19-4-2-11-30-19)22-26(21)16-24-8-6-23(7-9-24)13-17-5-12-29-15-17/h2,4-5,11-12,15,18H,1,3,6-10,13-14,16H2/t18-/m1/s1. The molecule has 3 aromatic rings. The molecular weight excluding hydrogens is 434 g/mol. The Bertz CT molecular complexity index is 981. The maximum atomic E-state index is 5.88. The van der Waals surface area contributed by atoms with E-state index in [4.69, 9.17) is 22.1 Å². The zero-order chi connectivity index (χ0) is 20.3. The van der Waals surface area contributed by atoms with E-state index in [2.05, 4.69) is 48.7 Å². The molecule has 0 radical (unpaired) electrons. The van der Waals surface area contributed by atoms with Crippen molar-refractivity contribution in [2.45, 2.75) is 38.7 Å². The molecule has 0 aliphatic carbocycles. The summed E-state index contributed by atoms with van der Waals surface area (Å²) < 4.78 is 10.9. The van der Waals surface area contributed by atoms with Crippen LogP contribution in [0.1, 0.15) is 18.4 Å². The molecule has 30 heavy (non-hydrogen) atoms. The van der Waals surface area contributed by atoms with Gasteiger partial charge in [-0.3, -0.25) is 14.4 Å². The number of aromatic nitrogens is 3. The predicted molar refractivity (Wildman–Crippen MR) is 125 cm³/mol. The Labute approximate surface area is 190 Å². The van der Waals surface area contributed by atoms with Crippen molar-refractivity contribution in [1.29, 1.82) is 0 Å². The maximum Gasteiger partial charge on any atom is 0.199 e. The van der Waals surface area contributed by atoms with Crippen LogP contribution in [-0.2, 0) is 24.5 Å². The zero-order valence-electron chi connectivity index (χ0n) is 17.0. The maximum absolute atomic E-state index is 5.88. The van der Waals surface area contributed by atoms with Crippen LogP contribution in [-0.4, -0.2) is 63.0 Å². The highest BCUT2D eigenvalue weighted by molar-refractivity contribution is 7.71. The molecule has 3 aromatic heterocycles. The van der Waals surface area contributed by atoms with Crippen molar-refractivity contribution in [1.82, 2.24) is 24.1 Å². The minimum Gasteiger partial charge on any atom is -0.376 e. The minimum atomic E-state index is 0.244. The van der Waals surface area contributed by atoms with Gasteiger partial charge >= 0.3 is 0 Å². The lowest BCUT2D eigenvalue weighted by Crippen LogP contribution is -2.46. The number of ether oxygens (including phenoxy) is 1. The van der Waals surface area contributed by atoms with Crippen LogP contribution >= 0.6 is 34.9 Å². The highest BCUT2D eigenvalue weighted by atomic mass is 32.1. The van der Waals surface area contributed by atoms with Crippen LogP contribution in [0.15, 0.2) is 34.3 Å². The number of hydrogen-bond donors (Lipinski definition) is 0. The van der Waals surface area contributed by atoms with Gasteiger partial charge < -0.3 is 4.74 Å². The molecule has 6 nitrogen and oxygen atoms in total. The Hall–Kier alpha value is -1.36. The number of nitrogens with zero attached hydrogens (tertiary/aromatic N) is 5. The highest BCUT2D eigenvalue weighted by Gasteiger charge is 2.23. The second-order valence-electron chi connectivity index (χ2n) is 8.00. The highest BCUT2D eigenvalue weighted by Crippen LogP contribution is 2.26. The Morgan fingerprint density at radius 3 is 2.70 bits per heavy atom. The molecular formula is C21H27N5OS3. The molecule has 160 valence electrons. The van der Waals surface area contributed by atoms with E-state index in [-0.39, 0.29) is 6.10 Å². The fourth-order valence-electron chi connectivity index (χ4n) is 4.20. The van der Waals surface area contributed by atoms with Gasteiger partial charge in [-0.25, -0.2) is 4.68 Å². The number of rotatable bonds is 7. The number of hydrogen-bond acceptors (Lipinski definition) is 7. The molecule has 0 spiro atoms. The molecule has 0 N–H and O–H groups in total.